The summed E-state index contributed by atoms with van der Waals surface area (Å²) in [6, 6.07) is 7.29. The molecule has 0 bridgehead atoms. The van der Waals surface area contributed by atoms with E-state index in [1.807, 2.05) is 0 Å². The standard InChI is InChI=1S/C17H19N3O7S/c1-4-18-17(21)13-10-12(6-8-15(13)26-2)28(24,25)19-14-9-11(20(22)23)5-7-16(14)27-3/h5-10,19H,4H2,1-3H3,(H,18,21). The summed E-state index contributed by atoms with van der Waals surface area (Å²) in [5, 5.41) is 13.5. The van der Waals surface area contributed by atoms with Gasteiger partial charge in [-0.05, 0) is 31.2 Å². The van der Waals surface area contributed by atoms with E-state index in [-0.39, 0.29) is 33.3 Å². The Kier molecular flexibility index (Phi) is 6.41. The molecule has 0 spiro atoms. The van der Waals surface area contributed by atoms with Crippen molar-refractivity contribution in [2.45, 2.75) is 11.8 Å². The van der Waals surface area contributed by atoms with Crippen LogP contribution < -0.4 is 19.5 Å². The number of non-ortho nitro benzene ring substituents is 1. The molecule has 11 heteroatoms. The van der Waals surface area contributed by atoms with Gasteiger partial charge in [0.2, 0.25) is 0 Å². The van der Waals surface area contributed by atoms with Gasteiger partial charge in [-0.25, -0.2) is 8.42 Å². The summed E-state index contributed by atoms with van der Waals surface area (Å²) in [6.45, 7) is 2.07. The SMILES string of the molecule is CCNC(=O)c1cc(S(=O)(=O)Nc2cc([N+](=O)[O-])ccc2OC)ccc1OC. The first-order chi connectivity index (χ1) is 13.2. The molecule has 28 heavy (non-hydrogen) atoms. The molecule has 2 aromatic carbocycles. The molecule has 0 atom stereocenters. The van der Waals surface area contributed by atoms with Crippen LogP contribution in [-0.2, 0) is 10.0 Å². The number of anilines is 1. The van der Waals surface area contributed by atoms with Crippen LogP contribution in [0, 0.1) is 10.1 Å². The van der Waals surface area contributed by atoms with Crippen molar-refractivity contribution < 1.29 is 27.6 Å². The van der Waals surface area contributed by atoms with Crippen LogP contribution in [0.15, 0.2) is 41.3 Å². The van der Waals surface area contributed by atoms with Crippen LogP contribution in [-0.4, -0.2) is 40.0 Å². The zero-order chi connectivity index (χ0) is 20.9. The number of nitro groups is 1. The molecule has 0 aliphatic rings. The fraction of sp³-hybridized carbons (Fsp3) is 0.235. The fourth-order valence-electron chi connectivity index (χ4n) is 2.38. The lowest BCUT2D eigenvalue weighted by Crippen LogP contribution is -2.24. The Labute approximate surface area is 161 Å². The summed E-state index contributed by atoms with van der Waals surface area (Å²) in [5.74, 6) is -0.186. The number of methoxy groups -OCH3 is 2. The molecule has 0 heterocycles. The summed E-state index contributed by atoms with van der Waals surface area (Å²) in [5.41, 5.74) is -0.374. The predicted molar refractivity (Wildman–Crippen MR) is 101 cm³/mol. The number of rotatable bonds is 8. The third kappa shape index (κ3) is 4.49. The second kappa shape index (κ2) is 8.57. The Morgan fingerprint density at radius 2 is 1.75 bits per heavy atom. The van der Waals surface area contributed by atoms with Crippen LogP contribution in [0.5, 0.6) is 11.5 Å². The lowest BCUT2D eigenvalue weighted by Gasteiger charge is -2.14. The molecule has 0 fully saturated rings. The molecule has 10 nitrogen and oxygen atoms in total. The molecule has 0 aliphatic carbocycles. The van der Waals surface area contributed by atoms with Gasteiger partial charge in [0, 0.05) is 18.7 Å². The zero-order valence-corrected chi connectivity index (χ0v) is 16.2. The maximum absolute atomic E-state index is 12.8. The number of sulfonamides is 1. The van der Waals surface area contributed by atoms with Crippen molar-refractivity contribution in [1.82, 2.24) is 5.32 Å². The third-order valence-corrected chi connectivity index (χ3v) is 5.06. The Morgan fingerprint density at radius 3 is 2.32 bits per heavy atom. The largest absolute Gasteiger partial charge is 0.496 e. The topological polar surface area (TPSA) is 137 Å². The lowest BCUT2D eigenvalue weighted by atomic mass is 10.2. The maximum Gasteiger partial charge on any atom is 0.271 e. The first-order valence-electron chi connectivity index (χ1n) is 8.05. The van der Waals surface area contributed by atoms with Gasteiger partial charge in [0.1, 0.15) is 11.5 Å². The summed E-state index contributed by atoms with van der Waals surface area (Å²) in [7, 11) is -1.51. The molecule has 2 aromatic rings. The van der Waals surface area contributed by atoms with Gasteiger partial charge in [0.05, 0.1) is 35.3 Å². The number of hydrogen-bond acceptors (Lipinski definition) is 7. The van der Waals surface area contributed by atoms with Crippen LogP contribution in [0.4, 0.5) is 11.4 Å². The molecular weight excluding hydrogens is 390 g/mol. The smallest absolute Gasteiger partial charge is 0.271 e. The van der Waals surface area contributed by atoms with Gasteiger partial charge in [-0.3, -0.25) is 19.6 Å². The van der Waals surface area contributed by atoms with Gasteiger partial charge in [-0.2, -0.15) is 0 Å². The van der Waals surface area contributed by atoms with E-state index in [0.717, 1.165) is 12.1 Å². The summed E-state index contributed by atoms with van der Waals surface area (Å²) in [6.07, 6.45) is 0. The van der Waals surface area contributed by atoms with Crippen LogP contribution in [0.3, 0.4) is 0 Å². The first-order valence-corrected chi connectivity index (χ1v) is 9.53. The minimum absolute atomic E-state index is 0.0400. The second-order valence-electron chi connectivity index (χ2n) is 5.47. The number of hydrogen-bond donors (Lipinski definition) is 2. The molecule has 0 saturated heterocycles. The van der Waals surface area contributed by atoms with E-state index < -0.39 is 20.9 Å². The van der Waals surface area contributed by atoms with Crippen molar-refractivity contribution in [3.63, 3.8) is 0 Å². The number of amides is 1. The average molecular weight is 409 g/mol. The number of ether oxygens (including phenoxy) is 2. The molecule has 2 rings (SSSR count). The highest BCUT2D eigenvalue weighted by Crippen LogP contribution is 2.31. The van der Waals surface area contributed by atoms with Gasteiger partial charge in [0.15, 0.2) is 0 Å². The van der Waals surface area contributed by atoms with E-state index in [0.29, 0.717) is 6.54 Å². The molecule has 0 aliphatic heterocycles. The number of nitrogens with zero attached hydrogens (tertiary/aromatic N) is 1. The number of nitrogens with one attached hydrogen (secondary N) is 2. The Balaban J connectivity index is 2.48. The molecular formula is C17H19N3O7S. The van der Waals surface area contributed by atoms with Gasteiger partial charge in [-0.1, -0.05) is 0 Å². The van der Waals surface area contributed by atoms with Gasteiger partial charge < -0.3 is 14.8 Å². The fourth-order valence-corrected chi connectivity index (χ4v) is 3.47. The third-order valence-electron chi connectivity index (χ3n) is 3.70. The van der Waals surface area contributed by atoms with Gasteiger partial charge in [0.25, 0.3) is 21.6 Å². The highest BCUT2D eigenvalue weighted by atomic mass is 32.2. The quantitative estimate of drug-likeness (QED) is 0.503. The van der Waals surface area contributed by atoms with E-state index in [4.69, 9.17) is 9.47 Å². The van der Waals surface area contributed by atoms with Crippen molar-refractivity contribution in [2.24, 2.45) is 0 Å². The molecule has 150 valence electrons. The maximum atomic E-state index is 12.8. The highest BCUT2D eigenvalue weighted by Gasteiger charge is 2.22. The molecule has 0 saturated carbocycles. The van der Waals surface area contributed by atoms with Crippen LogP contribution in [0.25, 0.3) is 0 Å². The van der Waals surface area contributed by atoms with Crippen molar-refractivity contribution >= 4 is 27.3 Å². The monoisotopic (exact) mass is 409 g/mol. The zero-order valence-electron chi connectivity index (χ0n) is 15.4. The highest BCUT2D eigenvalue weighted by molar-refractivity contribution is 7.92. The number of carbonyl (C=O) groups is 1. The Bertz CT molecular complexity index is 1010. The Morgan fingerprint density at radius 1 is 1.11 bits per heavy atom. The summed E-state index contributed by atoms with van der Waals surface area (Å²) < 4.78 is 38.0. The van der Waals surface area contributed by atoms with Crippen molar-refractivity contribution in [1.29, 1.82) is 0 Å². The molecule has 2 N–H and O–H groups in total. The summed E-state index contributed by atoms with van der Waals surface area (Å²) in [4.78, 5) is 22.3. The summed E-state index contributed by atoms with van der Waals surface area (Å²) >= 11 is 0. The van der Waals surface area contributed by atoms with Crippen LogP contribution >= 0.6 is 0 Å². The van der Waals surface area contributed by atoms with Crippen molar-refractivity contribution in [3.05, 3.63) is 52.1 Å². The van der Waals surface area contributed by atoms with Crippen LogP contribution in [0.1, 0.15) is 17.3 Å². The molecule has 0 aromatic heterocycles. The van der Waals surface area contributed by atoms with Gasteiger partial charge in [-0.15, -0.1) is 0 Å². The van der Waals surface area contributed by atoms with Gasteiger partial charge >= 0.3 is 0 Å². The van der Waals surface area contributed by atoms with Crippen molar-refractivity contribution in [2.75, 3.05) is 25.5 Å². The first kappa shape index (κ1) is 21.0. The van der Waals surface area contributed by atoms with E-state index in [2.05, 4.69) is 10.0 Å². The molecule has 1 amide bonds. The normalized spacial score (nSPS) is 10.8. The molecule has 0 unspecified atom stereocenters. The number of benzene rings is 2. The average Bonchev–Trinajstić information content (AvgIpc) is 2.67. The van der Waals surface area contributed by atoms with E-state index in [9.17, 15) is 23.3 Å². The minimum Gasteiger partial charge on any atom is -0.496 e. The number of carbonyl (C=O) groups excluding carboxylic acids is 1. The van der Waals surface area contributed by atoms with E-state index in [1.165, 1.54) is 38.5 Å². The van der Waals surface area contributed by atoms with Crippen molar-refractivity contribution in [3.8, 4) is 11.5 Å². The minimum atomic E-state index is -4.17. The number of nitro benzene ring substituents is 1. The van der Waals surface area contributed by atoms with E-state index in [1.54, 1.807) is 6.92 Å². The Hall–Kier alpha value is -3.34. The predicted octanol–water partition coefficient (Wildman–Crippen LogP) is 2.16. The lowest BCUT2D eigenvalue weighted by molar-refractivity contribution is -0.384. The second-order valence-corrected chi connectivity index (χ2v) is 7.15. The van der Waals surface area contributed by atoms with Crippen LogP contribution in [0.2, 0.25) is 0 Å². The van der Waals surface area contributed by atoms with E-state index >= 15 is 0 Å². The molecule has 0 radical (unpaired) electrons.